The molecule has 5 heteroatoms. The molecule has 10 aromatic rings. The molecule has 0 bridgehead atoms. The summed E-state index contributed by atoms with van der Waals surface area (Å²) in [5.74, 6) is 2.00. The van der Waals surface area contributed by atoms with Crippen LogP contribution in [-0.2, 0) is 5.41 Å². The first-order valence-corrected chi connectivity index (χ1v) is 20.5. The highest BCUT2D eigenvalue weighted by molar-refractivity contribution is 6.18. The van der Waals surface area contributed by atoms with Crippen molar-refractivity contribution >= 4 is 44.9 Å². The van der Waals surface area contributed by atoms with Crippen molar-refractivity contribution in [2.45, 2.75) is 32.1 Å². The van der Waals surface area contributed by atoms with Crippen molar-refractivity contribution in [1.82, 2.24) is 24.1 Å². The van der Waals surface area contributed by atoms with Crippen LogP contribution in [0.2, 0.25) is 0 Å². The fourth-order valence-electron chi connectivity index (χ4n) is 9.87. The fraction of sp³-hybridized carbons (Fsp3) is 0.0926. The minimum absolute atomic E-state index is 0.282. The Labute approximate surface area is 341 Å². The lowest BCUT2D eigenvalue weighted by molar-refractivity contribution is 0.660. The molecule has 3 aromatic heterocycles. The zero-order chi connectivity index (χ0) is 39.2. The van der Waals surface area contributed by atoms with Crippen LogP contribution in [-0.4, -0.2) is 24.1 Å². The number of hydrogen-bond acceptors (Lipinski definition) is 3. The molecular formula is C54H39N5. The molecule has 280 valence electrons. The molecule has 0 fully saturated rings. The maximum atomic E-state index is 5.18. The molecule has 0 N–H and O–H groups in total. The number of hydrogen-bond donors (Lipinski definition) is 0. The van der Waals surface area contributed by atoms with E-state index in [1.165, 1.54) is 71.2 Å². The second-order valence-corrected chi connectivity index (χ2v) is 16.3. The Morgan fingerprint density at radius 3 is 1.83 bits per heavy atom. The third-order valence-electron chi connectivity index (χ3n) is 12.6. The lowest BCUT2D eigenvalue weighted by Crippen LogP contribution is -2.30. The van der Waals surface area contributed by atoms with E-state index in [-0.39, 0.29) is 5.41 Å². The van der Waals surface area contributed by atoms with E-state index in [4.69, 9.17) is 15.0 Å². The summed E-state index contributed by atoms with van der Waals surface area (Å²) in [5.41, 5.74) is 13.6. The summed E-state index contributed by atoms with van der Waals surface area (Å²) in [5, 5.41) is 6.40. The van der Waals surface area contributed by atoms with E-state index in [1.54, 1.807) is 0 Å². The number of aromatic nitrogens is 5. The zero-order valence-corrected chi connectivity index (χ0v) is 32.9. The summed E-state index contributed by atoms with van der Waals surface area (Å²) in [6.07, 6.45) is 6.94. The highest BCUT2D eigenvalue weighted by Crippen LogP contribution is 2.53. The Balaban J connectivity index is 1.11. The molecular weight excluding hydrogens is 719 g/mol. The monoisotopic (exact) mass is 757 g/mol. The molecule has 0 saturated carbocycles. The van der Waals surface area contributed by atoms with Crippen LogP contribution in [0.15, 0.2) is 164 Å². The van der Waals surface area contributed by atoms with E-state index in [1.807, 2.05) is 36.4 Å². The average Bonchev–Trinajstić information content (AvgIpc) is 3.90. The Morgan fingerprint density at radius 1 is 0.458 bits per heavy atom. The third kappa shape index (κ3) is 5.01. The number of rotatable bonds is 5. The van der Waals surface area contributed by atoms with Gasteiger partial charge in [0.05, 0.1) is 16.6 Å². The van der Waals surface area contributed by atoms with Gasteiger partial charge in [0.2, 0.25) is 0 Å². The summed E-state index contributed by atoms with van der Waals surface area (Å²) in [6.45, 7) is 4.71. The molecule has 0 amide bonds. The molecule has 0 aliphatic heterocycles. The van der Waals surface area contributed by atoms with Gasteiger partial charge >= 0.3 is 0 Å². The van der Waals surface area contributed by atoms with Crippen molar-refractivity contribution < 1.29 is 0 Å². The van der Waals surface area contributed by atoms with E-state index in [9.17, 15) is 0 Å². The first-order chi connectivity index (χ1) is 29.0. The summed E-state index contributed by atoms with van der Waals surface area (Å²) in [7, 11) is 0. The SMILES string of the molecule is CC1(C)c2cc(-n3c4ccccc4c4ccc5c6c(n(-c7ccccc7)c5c43)=CCCC=6)ccc2-c2c(-c3nc(-c4ccccc4)nc(-c4ccccc4)n3)cccc21. The molecule has 2 aliphatic rings. The Kier molecular flexibility index (Phi) is 7.33. The lowest BCUT2D eigenvalue weighted by Gasteiger charge is -2.22. The van der Waals surface area contributed by atoms with Crippen LogP contribution >= 0.6 is 0 Å². The van der Waals surface area contributed by atoms with Gasteiger partial charge in [-0.15, -0.1) is 0 Å². The van der Waals surface area contributed by atoms with Gasteiger partial charge in [0.25, 0.3) is 0 Å². The van der Waals surface area contributed by atoms with Crippen molar-refractivity contribution in [3.8, 4) is 56.7 Å². The highest BCUT2D eigenvalue weighted by Gasteiger charge is 2.38. The molecule has 12 rings (SSSR count). The highest BCUT2D eigenvalue weighted by atomic mass is 15.0. The molecule has 5 nitrogen and oxygen atoms in total. The summed E-state index contributed by atoms with van der Waals surface area (Å²) in [6, 6.07) is 58.6. The van der Waals surface area contributed by atoms with Gasteiger partial charge in [-0.1, -0.05) is 159 Å². The van der Waals surface area contributed by atoms with Crippen LogP contribution in [0.3, 0.4) is 0 Å². The molecule has 0 radical (unpaired) electrons. The largest absolute Gasteiger partial charge is 0.308 e. The standard InChI is InChI=1S/C54H39N5/c1-54(2)44-26-16-25-43(53-56-51(34-17-6-3-7-18-34)55-52(57-53)35-19-8-4-9-20-35)48(44)42-30-29-37(33-45(42)54)59-47-28-15-13-24-39(47)41-32-31-40-38-23-12-14-27-46(38)58(49(40)50(41)59)36-21-10-5-11-22-36/h3-11,13,15-33H,12,14H2,1-2H3. The summed E-state index contributed by atoms with van der Waals surface area (Å²) >= 11 is 0. The van der Waals surface area contributed by atoms with Crippen molar-refractivity contribution in [2.75, 3.05) is 0 Å². The first kappa shape index (κ1) is 33.7. The van der Waals surface area contributed by atoms with Crippen molar-refractivity contribution in [3.05, 3.63) is 185 Å². The smallest absolute Gasteiger partial charge is 0.164 e. The van der Waals surface area contributed by atoms with Crippen molar-refractivity contribution in [2.24, 2.45) is 0 Å². The molecule has 2 aliphatic carbocycles. The van der Waals surface area contributed by atoms with Gasteiger partial charge in [-0.05, 0) is 65.4 Å². The van der Waals surface area contributed by atoms with Gasteiger partial charge in [-0.3, -0.25) is 0 Å². The minimum Gasteiger partial charge on any atom is -0.308 e. The predicted molar refractivity (Wildman–Crippen MR) is 242 cm³/mol. The molecule has 0 unspecified atom stereocenters. The van der Waals surface area contributed by atoms with Gasteiger partial charge < -0.3 is 9.13 Å². The van der Waals surface area contributed by atoms with E-state index in [0.717, 1.165) is 35.2 Å². The second-order valence-electron chi connectivity index (χ2n) is 16.3. The van der Waals surface area contributed by atoms with Crippen LogP contribution < -0.4 is 10.6 Å². The predicted octanol–water partition coefficient (Wildman–Crippen LogP) is 11.6. The third-order valence-corrected chi connectivity index (χ3v) is 12.6. The first-order valence-electron chi connectivity index (χ1n) is 20.5. The molecule has 59 heavy (non-hydrogen) atoms. The van der Waals surface area contributed by atoms with E-state index in [2.05, 4.69) is 163 Å². The van der Waals surface area contributed by atoms with Crippen molar-refractivity contribution in [1.29, 1.82) is 0 Å². The Bertz CT molecular complexity index is 3390. The number of nitrogens with zero attached hydrogens (tertiary/aromatic N) is 5. The Morgan fingerprint density at radius 2 is 1.08 bits per heavy atom. The maximum absolute atomic E-state index is 5.18. The molecule has 0 saturated heterocycles. The second kappa shape index (κ2) is 12.8. The quantitative estimate of drug-likeness (QED) is 0.176. The van der Waals surface area contributed by atoms with Crippen LogP contribution in [0.4, 0.5) is 0 Å². The minimum atomic E-state index is -0.282. The molecule has 0 spiro atoms. The number of benzene rings is 7. The Hall–Kier alpha value is -7.37. The van der Waals surface area contributed by atoms with Gasteiger partial charge in [0.1, 0.15) is 0 Å². The number of fused-ring (bicyclic) bond motifs is 10. The average molecular weight is 758 g/mol. The van der Waals surface area contributed by atoms with Crippen LogP contribution in [0.1, 0.15) is 37.8 Å². The molecule has 0 atom stereocenters. The van der Waals surface area contributed by atoms with E-state index >= 15 is 0 Å². The fourth-order valence-corrected chi connectivity index (χ4v) is 9.87. The van der Waals surface area contributed by atoms with E-state index < -0.39 is 0 Å². The van der Waals surface area contributed by atoms with Crippen LogP contribution in [0.5, 0.6) is 0 Å². The van der Waals surface area contributed by atoms with Gasteiger partial charge in [-0.25, -0.2) is 15.0 Å². The lowest BCUT2D eigenvalue weighted by atomic mass is 9.82. The summed E-state index contributed by atoms with van der Waals surface area (Å²) < 4.78 is 5.02. The number of para-hydroxylation sites is 2. The summed E-state index contributed by atoms with van der Waals surface area (Å²) in [4.78, 5) is 15.4. The molecule has 7 aromatic carbocycles. The van der Waals surface area contributed by atoms with Gasteiger partial charge in [0, 0.05) is 60.2 Å². The normalized spacial score (nSPS) is 13.9. The zero-order valence-electron chi connectivity index (χ0n) is 32.9. The molecule has 3 heterocycles. The van der Waals surface area contributed by atoms with Gasteiger partial charge in [-0.2, -0.15) is 0 Å². The van der Waals surface area contributed by atoms with Crippen LogP contribution in [0, 0.1) is 0 Å². The van der Waals surface area contributed by atoms with Crippen LogP contribution in [0.25, 0.3) is 102 Å². The van der Waals surface area contributed by atoms with Gasteiger partial charge in [0.15, 0.2) is 17.5 Å². The van der Waals surface area contributed by atoms with E-state index in [0.29, 0.717) is 17.5 Å². The topological polar surface area (TPSA) is 48.5 Å². The maximum Gasteiger partial charge on any atom is 0.164 e. The van der Waals surface area contributed by atoms with Crippen molar-refractivity contribution in [3.63, 3.8) is 0 Å².